The van der Waals surface area contributed by atoms with Crippen LogP contribution in [0.5, 0.6) is 0 Å². The lowest BCUT2D eigenvalue weighted by Crippen LogP contribution is -2.46. The van der Waals surface area contributed by atoms with Crippen LogP contribution >= 0.6 is 0 Å². The predicted octanol–water partition coefficient (Wildman–Crippen LogP) is 17.1. The molecular weight excluding hydrogens is 815 g/mol. The van der Waals surface area contributed by atoms with Gasteiger partial charge in [-0.1, -0.05) is 241 Å². The van der Waals surface area contributed by atoms with Gasteiger partial charge in [0.15, 0.2) is 0 Å². The first-order chi connectivity index (χ1) is 32.5. The highest BCUT2D eigenvalue weighted by atomic mass is 16.5. The van der Waals surface area contributed by atoms with Crippen LogP contribution in [0.4, 0.5) is 0 Å². The van der Waals surface area contributed by atoms with E-state index in [-0.39, 0.29) is 24.9 Å². The van der Waals surface area contributed by atoms with Crippen molar-refractivity contribution in [3.63, 3.8) is 0 Å². The average molecular weight is 921 g/mol. The van der Waals surface area contributed by atoms with Gasteiger partial charge in [0.25, 0.3) is 0 Å². The second kappa shape index (κ2) is 53.0. The molecule has 0 fully saturated rings. The Balaban J connectivity index is 4.67. The minimum Gasteiger partial charge on any atom is -0.462 e. The maximum atomic E-state index is 13.2. The van der Waals surface area contributed by atoms with E-state index in [1.165, 1.54) is 109 Å². The number of nitrogens with one attached hydrogen (secondary N) is 1. The zero-order valence-corrected chi connectivity index (χ0v) is 43.3. The summed E-state index contributed by atoms with van der Waals surface area (Å²) < 4.78 is 5.92. The van der Waals surface area contributed by atoms with E-state index in [1.54, 1.807) is 0 Å². The van der Waals surface area contributed by atoms with Crippen molar-refractivity contribution in [1.29, 1.82) is 0 Å². The molecule has 380 valence electrons. The third-order valence-corrected chi connectivity index (χ3v) is 12.2. The smallest absolute Gasteiger partial charge is 0.306 e. The predicted molar refractivity (Wildman–Crippen MR) is 287 cm³/mol. The Labute approximate surface area is 408 Å². The van der Waals surface area contributed by atoms with E-state index in [4.69, 9.17) is 4.74 Å². The summed E-state index contributed by atoms with van der Waals surface area (Å²) in [5.41, 5.74) is 0. The van der Waals surface area contributed by atoms with Crippen molar-refractivity contribution in [3.05, 3.63) is 85.1 Å². The van der Waals surface area contributed by atoms with Gasteiger partial charge in [-0.3, -0.25) is 9.59 Å². The summed E-state index contributed by atoms with van der Waals surface area (Å²) >= 11 is 0. The molecule has 1 amide bonds. The number of aliphatic hydroxyl groups is 2. The van der Waals surface area contributed by atoms with Gasteiger partial charge < -0.3 is 20.3 Å². The van der Waals surface area contributed by atoms with Gasteiger partial charge in [-0.15, -0.1) is 0 Å². The Hall–Kier alpha value is -2.96. The minimum atomic E-state index is -0.809. The average Bonchev–Trinajstić information content (AvgIpc) is 3.31. The van der Waals surface area contributed by atoms with Crippen LogP contribution in [-0.4, -0.2) is 46.9 Å². The summed E-state index contributed by atoms with van der Waals surface area (Å²) in [7, 11) is 0. The zero-order chi connectivity index (χ0) is 48.1. The van der Waals surface area contributed by atoms with Crippen LogP contribution in [0.3, 0.4) is 0 Å². The first-order valence-electron chi connectivity index (χ1n) is 27.8. The fourth-order valence-electron chi connectivity index (χ4n) is 8.09. The number of amides is 1. The van der Waals surface area contributed by atoms with Gasteiger partial charge in [-0.25, -0.2) is 0 Å². The van der Waals surface area contributed by atoms with E-state index in [2.05, 4.69) is 111 Å². The Kier molecular flexibility index (Phi) is 50.6. The minimum absolute atomic E-state index is 0.0320. The molecule has 3 N–H and O–H groups in total. The highest BCUT2D eigenvalue weighted by Crippen LogP contribution is 2.17. The molecule has 66 heavy (non-hydrogen) atoms. The van der Waals surface area contributed by atoms with E-state index in [9.17, 15) is 19.8 Å². The highest BCUT2D eigenvalue weighted by Gasteiger charge is 2.24. The van der Waals surface area contributed by atoms with E-state index in [1.807, 2.05) is 0 Å². The van der Waals surface area contributed by atoms with Gasteiger partial charge in [0.05, 0.1) is 25.2 Å². The fraction of sp³-hybridized carbons (Fsp3) is 0.733. The molecule has 0 aliphatic carbocycles. The topological polar surface area (TPSA) is 95.9 Å². The highest BCUT2D eigenvalue weighted by molar-refractivity contribution is 5.77. The Morgan fingerprint density at radius 2 is 0.833 bits per heavy atom. The van der Waals surface area contributed by atoms with E-state index < -0.39 is 18.2 Å². The van der Waals surface area contributed by atoms with Crippen molar-refractivity contribution in [2.45, 2.75) is 277 Å². The van der Waals surface area contributed by atoms with E-state index in [0.29, 0.717) is 19.3 Å². The third-order valence-electron chi connectivity index (χ3n) is 12.2. The van der Waals surface area contributed by atoms with Crippen LogP contribution in [0.2, 0.25) is 0 Å². The summed E-state index contributed by atoms with van der Waals surface area (Å²) in [4.78, 5) is 26.2. The Morgan fingerprint density at radius 3 is 1.27 bits per heavy atom. The van der Waals surface area contributed by atoms with Crippen LogP contribution in [0.15, 0.2) is 85.1 Å². The van der Waals surface area contributed by atoms with Crippen LogP contribution in [0.1, 0.15) is 258 Å². The van der Waals surface area contributed by atoms with E-state index in [0.717, 1.165) is 103 Å². The summed E-state index contributed by atoms with van der Waals surface area (Å²) in [6.45, 7) is 6.26. The van der Waals surface area contributed by atoms with Crippen molar-refractivity contribution in [2.75, 3.05) is 6.61 Å². The van der Waals surface area contributed by atoms with Crippen molar-refractivity contribution in [1.82, 2.24) is 5.32 Å². The van der Waals surface area contributed by atoms with Gasteiger partial charge in [-0.05, 0) is 89.9 Å². The molecule has 3 atom stereocenters. The molecule has 0 radical (unpaired) electrons. The van der Waals surface area contributed by atoms with Gasteiger partial charge in [0.1, 0.15) is 6.10 Å². The number of carbonyl (C=O) groups excluding carboxylic acids is 2. The van der Waals surface area contributed by atoms with E-state index >= 15 is 0 Å². The van der Waals surface area contributed by atoms with Crippen LogP contribution in [0.25, 0.3) is 0 Å². The number of allylic oxidation sites excluding steroid dienone is 14. The number of esters is 1. The molecule has 0 aromatic rings. The number of carbonyl (C=O) groups is 2. The van der Waals surface area contributed by atoms with Crippen LogP contribution in [0, 0.1) is 0 Å². The van der Waals surface area contributed by atoms with Crippen molar-refractivity contribution in [2.24, 2.45) is 0 Å². The molecular formula is C60H105NO5. The van der Waals surface area contributed by atoms with Gasteiger partial charge in [0, 0.05) is 6.42 Å². The molecule has 0 aromatic carbocycles. The molecule has 3 unspecified atom stereocenters. The lowest BCUT2D eigenvalue weighted by atomic mass is 10.0. The number of aliphatic hydroxyl groups excluding tert-OH is 2. The molecule has 0 saturated heterocycles. The van der Waals surface area contributed by atoms with Crippen molar-refractivity contribution in [3.8, 4) is 0 Å². The maximum Gasteiger partial charge on any atom is 0.306 e. The van der Waals surface area contributed by atoms with Crippen molar-refractivity contribution < 1.29 is 24.5 Å². The quantitative estimate of drug-likeness (QED) is 0.0321. The van der Waals surface area contributed by atoms with Gasteiger partial charge in [0.2, 0.25) is 5.91 Å². The molecule has 0 spiro atoms. The molecule has 0 saturated carbocycles. The molecule has 0 rings (SSSR count). The summed E-state index contributed by atoms with van der Waals surface area (Å²) in [6.07, 6.45) is 69.3. The molecule has 0 aliphatic rings. The molecule has 0 aliphatic heterocycles. The summed E-state index contributed by atoms with van der Waals surface area (Å²) in [5.74, 6) is -0.540. The number of hydrogen-bond donors (Lipinski definition) is 3. The number of unbranched alkanes of at least 4 members (excludes halogenated alkanes) is 23. The standard InChI is InChI=1S/C60H105NO5/c1-4-7-10-13-16-19-22-25-28-30-31-33-36-39-42-45-48-51-56(66-60(65)53-50-47-44-41-38-35-27-24-21-18-15-12-9-6-3)54-59(64)61-57(55-62)58(63)52-49-46-43-40-37-34-32-29-26-23-20-17-14-11-8-5-2/h7,9-10,12,16,18-19,21,25,28,31,33,39,42,56-58,62-63H,4-6,8,11,13-15,17,20,22-24,26-27,29-30,32,34-38,40-41,43-55H2,1-3H3,(H,61,64)/b10-7-,12-9+,19-16-,21-18+,28-25-,33-31-,42-39-. The Morgan fingerprint density at radius 1 is 0.455 bits per heavy atom. The number of hydrogen-bond acceptors (Lipinski definition) is 5. The third kappa shape index (κ3) is 47.5. The summed E-state index contributed by atoms with van der Waals surface area (Å²) in [5, 5.41) is 23.8. The number of ether oxygens (including phenoxy) is 1. The number of rotatable bonds is 49. The maximum absolute atomic E-state index is 13.2. The van der Waals surface area contributed by atoms with Crippen LogP contribution in [-0.2, 0) is 14.3 Å². The normalized spacial score (nSPS) is 13.8. The second-order valence-electron chi connectivity index (χ2n) is 18.6. The molecule has 0 heterocycles. The Bertz CT molecular complexity index is 1260. The summed E-state index contributed by atoms with van der Waals surface area (Å²) in [6, 6.07) is -0.726. The van der Waals surface area contributed by atoms with Gasteiger partial charge in [-0.2, -0.15) is 0 Å². The lowest BCUT2D eigenvalue weighted by Gasteiger charge is -2.24. The molecule has 0 bridgehead atoms. The first-order valence-corrected chi connectivity index (χ1v) is 27.8. The zero-order valence-electron chi connectivity index (χ0n) is 43.3. The van der Waals surface area contributed by atoms with Crippen LogP contribution < -0.4 is 5.32 Å². The first kappa shape index (κ1) is 63.0. The molecule has 6 nitrogen and oxygen atoms in total. The van der Waals surface area contributed by atoms with Crippen molar-refractivity contribution >= 4 is 11.9 Å². The molecule has 0 aromatic heterocycles. The monoisotopic (exact) mass is 920 g/mol. The van der Waals surface area contributed by atoms with Gasteiger partial charge >= 0.3 is 5.97 Å². The SMILES string of the molecule is CC/C=C\C/C=C\C/C=C\C/C=C\C/C=C\CCCC(CC(=O)NC(CO)C(O)CCCCCCCCCCCCCCCCCC)OC(=O)CCCCCCCCC/C=C/C/C=C/CC. The lowest BCUT2D eigenvalue weighted by molar-refractivity contribution is -0.151. The molecule has 6 heteroatoms. The fourth-order valence-corrected chi connectivity index (χ4v) is 8.09. The largest absolute Gasteiger partial charge is 0.462 e. The second-order valence-corrected chi connectivity index (χ2v) is 18.6.